The molecular weight excluding hydrogens is 156 g/mol. The molecule has 0 atom stereocenters. The van der Waals surface area contributed by atoms with Gasteiger partial charge in [-0.1, -0.05) is 0 Å². The predicted octanol–water partition coefficient (Wildman–Crippen LogP) is 0.0854. The van der Waals surface area contributed by atoms with Crippen LogP contribution in [0.2, 0.25) is 0 Å². The third-order valence-electron chi connectivity index (χ3n) is 1.51. The van der Waals surface area contributed by atoms with Crippen molar-refractivity contribution in [2.24, 2.45) is 0 Å². The van der Waals surface area contributed by atoms with E-state index in [2.05, 4.69) is 25.4 Å². The SMILES string of the molecule is Cc1nc(-c2cn[nH]c2N)n[nH]1. The molecule has 2 aromatic heterocycles. The predicted molar refractivity (Wildman–Crippen MR) is 43.1 cm³/mol. The average molecular weight is 164 g/mol. The molecular formula is C6H8N6. The van der Waals surface area contributed by atoms with Crippen LogP contribution in [0.3, 0.4) is 0 Å². The smallest absolute Gasteiger partial charge is 0.186 e. The maximum Gasteiger partial charge on any atom is 0.186 e. The first-order valence-corrected chi connectivity index (χ1v) is 3.45. The molecule has 2 heterocycles. The quantitative estimate of drug-likeness (QED) is 0.556. The van der Waals surface area contributed by atoms with Crippen molar-refractivity contribution >= 4 is 5.82 Å². The fraction of sp³-hybridized carbons (Fsp3) is 0.167. The molecule has 12 heavy (non-hydrogen) atoms. The van der Waals surface area contributed by atoms with E-state index in [9.17, 15) is 0 Å². The molecule has 0 aromatic carbocycles. The summed E-state index contributed by atoms with van der Waals surface area (Å²) in [5.74, 6) is 1.80. The minimum absolute atomic E-state index is 0.481. The van der Waals surface area contributed by atoms with E-state index in [-0.39, 0.29) is 0 Å². The molecule has 0 bridgehead atoms. The second kappa shape index (κ2) is 2.33. The van der Waals surface area contributed by atoms with Gasteiger partial charge in [-0.3, -0.25) is 10.2 Å². The Bertz CT molecular complexity index is 386. The van der Waals surface area contributed by atoms with Crippen LogP contribution in [0.25, 0.3) is 11.4 Å². The van der Waals surface area contributed by atoms with Gasteiger partial charge in [-0.25, -0.2) is 4.98 Å². The number of nitrogens with two attached hydrogens (primary N) is 1. The van der Waals surface area contributed by atoms with E-state index in [0.717, 1.165) is 11.4 Å². The summed E-state index contributed by atoms with van der Waals surface area (Å²) in [6.45, 7) is 1.83. The number of H-pyrrole nitrogens is 2. The van der Waals surface area contributed by atoms with Crippen molar-refractivity contribution in [1.82, 2.24) is 25.4 Å². The highest BCUT2D eigenvalue weighted by atomic mass is 15.2. The number of rotatable bonds is 1. The van der Waals surface area contributed by atoms with Gasteiger partial charge in [0.05, 0.1) is 11.8 Å². The van der Waals surface area contributed by atoms with Gasteiger partial charge in [-0.2, -0.15) is 10.2 Å². The molecule has 4 N–H and O–H groups in total. The lowest BCUT2D eigenvalue weighted by Gasteiger charge is -1.88. The van der Waals surface area contributed by atoms with Gasteiger partial charge in [-0.15, -0.1) is 0 Å². The largest absolute Gasteiger partial charge is 0.383 e. The number of aromatic nitrogens is 5. The zero-order valence-electron chi connectivity index (χ0n) is 6.50. The van der Waals surface area contributed by atoms with Gasteiger partial charge >= 0.3 is 0 Å². The normalized spacial score (nSPS) is 10.4. The van der Waals surface area contributed by atoms with Crippen LogP contribution in [-0.2, 0) is 0 Å². The summed E-state index contributed by atoms with van der Waals surface area (Å²) in [7, 11) is 0. The number of hydrogen-bond acceptors (Lipinski definition) is 4. The third kappa shape index (κ3) is 0.931. The van der Waals surface area contributed by atoms with Gasteiger partial charge < -0.3 is 5.73 Å². The molecule has 0 aliphatic carbocycles. The Kier molecular flexibility index (Phi) is 1.33. The molecule has 6 nitrogen and oxygen atoms in total. The number of nitrogen functional groups attached to an aromatic ring is 1. The molecule has 6 heteroatoms. The Hall–Kier alpha value is -1.85. The molecule has 0 radical (unpaired) electrons. The lowest BCUT2D eigenvalue weighted by Crippen LogP contribution is -1.88. The molecule has 0 amide bonds. The van der Waals surface area contributed by atoms with E-state index in [1.807, 2.05) is 6.92 Å². The molecule has 0 spiro atoms. The zero-order valence-corrected chi connectivity index (χ0v) is 6.50. The van der Waals surface area contributed by atoms with Gasteiger partial charge in [0.25, 0.3) is 0 Å². The monoisotopic (exact) mass is 164 g/mol. The summed E-state index contributed by atoms with van der Waals surface area (Å²) in [5.41, 5.74) is 6.29. The Morgan fingerprint density at radius 3 is 2.75 bits per heavy atom. The van der Waals surface area contributed by atoms with Crippen LogP contribution in [0.5, 0.6) is 0 Å². The number of aryl methyl sites for hydroxylation is 1. The summed E-state index contributed by atoms with van der Waals surface area (Å²) >= 11 is 0. The van der Waals surface area contributed by atoms with Gasteiger partial charge in [0.15, 0.2) is 5.82 Å². The highest BCUT2D eigenvalue weighted by Crippen LogP contribution is 2.18. The first-order valence-electron chi connectivity index (χ1n) is 3.45. The Morgan fingerprint density at radius 1 is 1.42 bits per heavy atom. The van der Waals surface area contributed by atoms with E-state index >= 15 is 0 Å². The summed E-state index contributed by atoms with van der Waals surface area (Å²) in [4.78, 5) is 4.11. The van der Waals surface area contributed by atoms with E-state index < -0.39 is 0 Å². The molecule has 0 aliphatic heterocycles. The lowest BCUT2D eigenvalue weighted by atomic mass is 10.3. The molecule has 0 saturated heterocycles. The molecule has 2 aromatic rings. The first-order chi connectivity index (χ1) is 5.77. The van der Waals surface area contributed by atoms with Gasteiger partial charge in [0.1, 0.15) is 11.6 Å². The second-order valence-electron chi connectivity index (χ2n) is 2.44. The molecule has 0 saturated carbocycles. The summed E-state index contributed by atoms with van der Waals surface area (Å²) < 4.78 is 0. The fourth-order valence-corrected chi connectivity index (χ4v) is 0.937. The van der Waals surface area contributed by atoms with Crippen molar-refractivity contribution in [3.05, 3.63) is 12.0 Å². The summed E-state index contributed by atoms with van der Waals surface area (Å²) in [5, 5.41) is 13.0. The van der Waals surface area contributed by atoms with Gasteiger partial charge in [-0.05, 0) is 6.92 Å². The number of hydrogen-bond donors (Lipinski definition) is 3. The van der Waals surface area contributed by atoms with Crippen LogP contribution in [0.1, 0.15) is 5.82 Å². The Labute approximate surface area is 68.2 Å². The molecule has 0 fully saturated rings. The highest BCUT2D eigenvalue weighted by Gasteiger charge is 2.08. The molecule has 62 valence electrons. The van der Waals surface area contributed by atoms with Crippen LogP contribution in [0, 0.1) is 6.92 Å². The average Bonchev–Trinajstić information content (AvgIpc) is 2.58. The number of nitrogens with one attached hydrogen (secondary N) is 2. The minimum Gasteiger partial charge on any atom is -0.383 e. The van der Waals surface area contributed by atoms with Crippen molar-refractivity contribution in [3.63, 3.8) is 0 Å². The molecule has 0 unspecified atom stereocenters. The maximum absolute atomic E-state index is 5.57. The number of anilines is 1. The fourth-order valence-electron chi connectivity index (χ4n) is 0.937. The van der Waals surface area contributed by atoms with Crippen molar-refractivity contribution in [1.29, 1.82) is 0 Å². The van der Waals surface area contributed by atoms with Crippen molar-refractivity contribution in [2.45, 2.75) is 6.92 Å². The molecule has 0 aliphatic rings. The molecule has 2 rings (SSSR count). The number of aromatic amines is 2. The van der Waals surface area contributed by atoms with Crippen LogP contribution in [0.4, 0.5) is 5.82 Å². The van der Waals surface area contributed by atoms with E-state index in [0.29, 0.717) is 11.6 Å². The van der Waals surface area contributed by atoms with Crippen LogP contribution >= 0.6 is 0 Å². The Morgan fingerprint density at radius 2 is 2.25 bits per heavy atom. The lowest BCUT2D eigenvalue weighted by molar-refractivity contribution is 1.04. The third-order valence-corrected chi connectivity index (χ3v) is 1.51. The maximum atomic E-state index is 5.57. The summed E-state index contributed by atoms with van der Waals surface area (Å²) in [6.07, 6.45) is 1.60. The number of nitrogens with zero attached hydrogens (tertiary/aromatic N) is 3. The van der Waals surface area contributed by atoms with E-state index in [1.54, 1.807) is 6.20 Å². The van der Waals surface area contributed by atoms with Crippen molar-refractivity contribution in [2.75, 3.05) is 5.73 Å². The summed E-state index contributed by atoms with van der Waals surface area (Å²) in [6, 6.07) is 0. The van der Waals surface area contributed by atoms with Crippen LogP contribution in [-0.4, -0.2) is 25.4 Å². The Balaban J connectivity index is 2.50. The van der Waals surface area contributed by atoms with E-state index in [4.69, 9.17) is 5.73 Å². The van der Waals surface area contributed by atoms with Crippen LogP contribution in [0.15, 0.2) is 6.20 Å². The minimum atomic E-state index is 0.481. The van der Waals surface area contributed by atoms with Crippen molar-refractivity contribution < 1.29 is 0 Å². The van der Waals surface area contributed by atoms with E-state index in [1.165, 1.54) is 0 Å². The highest BCUT2D eigenvalue weighted by molar-refractivity contribution is 5.66. The standard InChI is InChI=1S/C6H8N6/c1-3-9-6(12-10-3)4-2-8-11-5(4)7/h2H,1H3,(H3,7,8,11)(H,9,10,12). The van der Waals surface area contributed by atoms with Gasteiger partial charge in [0, 0.05) is 0 Å². The topological polar surface area (TPSA) is 96.3 Å². The van der Waals surface area contributed by atoms with Crippen LogP contribution < -0.4 is 5.73 Å². The first kappa shape index (κ1) is 6.84. The van der Waals surface area contributed by atoms with Gasteiger partial charge in [0.2, 0.25) is 0 Å². The zero-order chi connectivity index (χ0) is 8.55. The second-order valence-corrected chi connectivity index (χ2v) is 2.44. The van der Waals surface area contributed by atoms with Crippen molar-refractivity contribution in [3.8, 4) is 11.4 Å².